The van der Waals surface area contributed by atoms with Gasteiger partial charge >= 0.3 is 0 Å². The Morgan fingerprint density at radius 1 is 1.20 bits per heavy atom. The summed E-state index contributed by atoms with van der Waals surface area (Å²) in [5.74, 6) is 0.220. The van der Waals surface area contributed by atoms with Crippen molar-refractivity contribution in [3.63, 3.8) is 0 Å². The minimum absolute atomic E-state index is 0.306. The van der Waals surface area contributed by atoms with Crippen molar-refractivity contribution in [3.8, 4) is 0 Å². The summed E-state index contributed by atoms with van der Waals surface area (Å²) in [5, 5.41) is 7.82. The molecule has 0 atom stereocenters. The van der Waals surface area contributed by atoms with Gasteiger partial charge in [0.25, 0.3) is 0 Å². The Bertz CT molecular complexity index is 627. The first-order valence-electron chi connectivity index (χ1n) is 6.72. The summed E-state index contributed by atoms with van der Waals surface area (Å²) in [6.07, 6.45) is 1.99. The van der Waals surface area contributed by atoms with Crippen LogP contribution in [0.2, 0.25) is 0 Å². The molecule has 0 fully saturated rings. The molecule has 0 spiro atoms. The zero-order valence-electron chi connectivity index (χ0n) is 11.2. The molecule has 1 aromatic heterocycles. The minimum atomic E-state index is -0.406. The molecule has 2 aromatic rings. The van der Waals surface area contributed by atoms with Gasteiger partial charge in [-0.05, 0) is 25.0 Å². The van der Waals surface area contributed by atoms with Crippen LogP contribution in [0.4, 0.5) is 14.5 Å². The van der Waals surface area contributed by atoms with Crippen molar-refractivity contribution in [2.24, 2.45) is 0 Å². The first-order valence-corrected chi connectivity index (χ1v) is 6.72. The Kier molecular flexibility index (Phi) is 3.38. The highest BCUT2D eigenvalue weighted by atomic mass is 19.1. The molecule has 106 valence electrons. The third-order valence-corrected chi connectivity index (χ3v) is 3.48. The summed E-state index contributed by atoms with van der Waals surface area (Å²) in [6, 6.07) is 2.34. The summed E-state index contributed by atoms with van der Waals surface area (Å²) in [6.45, 7) is 2.88. The van der Waals surface area contributed by atoms with Crippen LogP contribution in [-0.4, -0.2) is 16.7 Å². The second-order valence-electron chi connectivity index (χ2n) is 4.82. The number of rotatable bonds is 3. The maximum Gasteiger partial charge on any atom is 0.235 e. The molecule has 1 aliphatic rings. The van der Waals surface area contributed by atoms with Crippen LogP contribution < -0.4 is 4.90 Å². The van der Waals surface area contributed by atoms with E-state index >= 15 is 0 Å². The largest absolute Gasteiger partial charge is 0.423 e. The Hall–Kier alpha value is -1.98. The van der Waals surface area contributed by atoms with E-state index in [1.54, 1.807) is 4.90 Å². The van der Waals surface area contributed by atoms with Crippen LogP contribution in [0, 0.1) is 11.6 Å². The molecular formula is C14H15F2N3O. The highest BCUT2D eigenvalue weighted by Crippen LogP contribution is 2.32. The van der Waals surface area contributed by atoms with Crippen LogP contribution in [0.15, 0.2) is 16.5 Å². The second kappa shape index (κ2) is 5.19. The molecule has 1 aromatic carbocycles. The van der Waals surface area contributed by atoms with Gasteiger partial charge in [-0.15, -0.1) is 10.2 Å². The molecule has 0 N–H and O–H groups in total. The van der Waals surface area contributed by atoms with Crippen molar-refractivity contribution in [2.75, 3.05) is 11.4 Å². The van der Waals surface area contributed by atoms with Gasteiger partial charge in [0.2, 0.25) is 11.8 Å². The van der Waals surface area contributed by atoms with Gasteiger partial charge < -0.3 is 9.32 Å². The number of aromatic nitrogens is 2. The lowest BCUT2D eigenvalue weighted by molar-refractivity contribution is 0.444. The molecule has 0 unspecified atom stereocenters. The average Bonchev–Trinajstić information content (AvgIpc) is 2.91. The molecular weight excluding hydrogens is 264 g/mol. The Morgan fingerprint density at radius 2 is 1.95 bits per heavy atom. The van der Waals surface area contributed by atoms with Crippen LogP contribution in [0.3, 0.4) is 0 Å². The molecule has 20 heavy (non-hydrogen) atoms. The number of halogens is 2. The molecule has 3 rings (SSSR count). The van der Waals surface area contributed by atoms with Gasteiger partial charge in [-0.3, -0.25) is 0 Å². The molecule has 1 aliphatic heterocycles. The van der Waals surface area contributed by atoms with E-state index in [0.717, 1.165) is 12.5 Å². The standard InChI is InChI=1S/C14H15F2N3O/c1-2-12-17-18-13(20-12)8-19-7-3-4-9-10(15)5-6-11(16)14(9)19/h5-6H,2-4,7-8H2,1H3. The molecule has 6 heteroatoms. The van der Waals surface area contributed by atoms with Crippen LogP contribution in [-0.2, 0) is 19.4 Å². The third-order valence-electron chi connectivity index (χ3n) is 3.48. The van der Waals surface area contributed by atoms with Crippen molar-refractivity contribution in [2.45, 2.75) is 32.7 Å². The Morgan fingerprint density at radius 3 is 2.70 bits per heavy atom. The molecule has 0 saturated heterocycles. The third kappa shape index (κ3) is 2.26. The van der Waals surface area contributed by atoms with E-state index in [-0.39, 0.29) is 5.82 Å². The Labute approximate surface area is 115 Å². The fourth-order valence-corrected chi connectivity index (χ4v) is 2.54. The average molecular weight is 279 g/mol. The van der Waals surface area contributed by atoms with Gasteiger partial charge in [-0.2, -0.15) is 0 Å². The van der Waals surface area contributed by atoms with Crippen LogP contribution in [0.25, 0.3) is 0 Å². The maximum atomic E-state index is 14.0. The molecule has 2 heterocycles. The van der Waals surface area contributed by atoms with Gasteiger partial charge in [-0.1, -0.05) is 6.92 Å². The minimum Gasteiger partial charge on any atom is -0.423 e. The molecule has 0 aliphatic carbocycles. The van der Waals surface area contributed by atoms with Crippen LogP contribution in [0.5, 0.6) is 0 Å². The van der Waals surface area contributed by atoms with Crippen molar-refractivity contribution in [1.29, 1.82) is 0 Å². The molecule has 0 saturated carbocycles. The van der Waals surface area contributed by atoms with E-state index in [9.17, 15) is 8.78 Å². The van der Waals surface area contributed by atoms with Gasteiger partial charge in [0.15, 0.2) is 0 Å². The summed E-state index contributed by atoms with van der Waals surface area (Å²) in [5.41, 5.74) is 0.763. The number of hydrogen-bond acceptors (Lipinski definition) is 4. The van der Waals surface area contributed by atoms with Gasteiger partial charge in [0.1, 0.15) is 11.6 Å². The normalized spacial score (nSPS) is 14.4. The predicted molar refractivity (Wildman–Crippen MR) is 69.4 cm³/mol. The Balaban J connectivity index is 1.91. The lowest BCUT2D eigenvalue weighted by Crippen LogP contribution is -2.30. The summed E-state index contributed by atoms with van der Waals surface area (Å²) >= 11 is 0. The van der Waals surface area contributed by atoms with Crippen LogP contribution in [0.1, 0.15) is 30.7 Å². The molecule has 4 nitrogen and oxygen atoms in total. The smallest absolute Gasteiger partial charge is 0.235 e. The highest BCUT2D eigenvalue weighted by molar-refractivity contribution is 5.57. The molecule has 0 amide bonds. The zero-order valence-corrected chi connectivity index (χ0v) is 11.2. The fourth-order valence-electron chi connectivity index (χ4n) is 2.54. The number of benzene rings is 1. The number of fused-ring (bicyclic) bond motifs is 1. The van der Waals surface area contributed by atoms with E-state index in [2.05, 4.69) is 10.2 Å². The number of nitrogens with zero attached hydrogens (tertiary/aromatic N) is 3. The SMILES string of the molecule is CCc1nnc(CN2CCCc3c(F)ccc(F)c32)o1. The second-order valence-corrected chi connectivity index (χ2v) is 4.82. The van der Waals surface area contributed by atoms with E-state index in [0.29, 0.717) is 49.0 Å². The van der Waals surface area contributed by atoms with Gasteiger partial charge in [0.05, 0.1) is 12.2 Å². The monoisotopic (exact) mass is 279 g/mol. The van der Waals surface area contributed by atoms with E-state index in [4.69, 9.17) is 4.42 Å². The lowest BCUT2D eigenvalue weighted by atomic mass is 10.0. The predicted octanol–water partition coefficient (Wildman–Crippen LogP) is 2.86. The van der Waals surface area contributed by atoms with Gasteiger partial charge in [-0.25, -0.2) is 8.78 Å². The topological polar surface area (TPSA) is 42.2 Å². The highest BCUT2D eigenvalue weighted by Gasteiger charge is 2.25. The molecule has 0 radical (unpaired) electrons. The van der Waals surface area contributed by atoms with Crippen molar-refractivity contribution >= 4 is 5.69 Å². The summed E-state index contributed by atoms with van der Waals surface area (Å²) < 4.78 is 33.2. The zero-order chi connectivity index (χ0) is 14.1. The molecule has 0 bridgehead atoms. The first-order chi connectivity index (χ1) is 9.69. The summed E-state index contributed by atoms with van der Waals surface area (Å²) in [7, 11) is 0. The quantitative estimate of drug-likeness (QED) is 0.866. The first kappa shape index (κ1) is 13.0. The number of aryl methyl sites for hydroxylation is 1. The van der Waals surface area contributed by atoms with E-state index in [1.165, 1.54) is 6.07 Å². The van der Waals surface area contributed by atoms with E-state index in [1.807, 2.05) is 6.92 Å². The van der Waals surface area contributed by atoms with E-state index < -0.39 is 5.82 Å². The van der Waals surface area contributed by atoms with Crippen molar-refractivity contribution < 1.29 is 13.2 Å². The lowest BCUT2D eigenvalue weighted by Gasteiger charge is -2.30. The van der Waals surface area contributed by atoms with Crippen molar-refractivity contribution in [1.82, 2.24) is 10.2 Å². The summed E-state index contributed by atoms with van der Waals surface area (Å²) in [4.78, 5) is 1.77. The van der Waals surface area contributed by atoms with Crippen LogP contribution >= 0.6 is 0 Å². The number of hydrogen-bond donors (Lipinski definition) is 0. The van der Waals surface area contributed by atoms with Gasteiger partial charge in [0, 0.05) is 18.5 Å². The fraction of sp³-hybridized carbons (Fsp3) is 0.429. The van der Waals surface area contributed by atoms with Crippen molar-refractivity contribution in [3.05, 3.63) is 41.1 Å². The number of anilines is 1. The maximum absolute atomic E-state index is 14.0.